The molecule has 0 spiro atoms. The SMILES string of the molecule is CCCc1nc(NC2CCCCC2C)cc(OCC(C)C)n1. The van der Waals surface area contributed by atoms with Gasteiger partial charge in [-0.1, -0.05) is 40.5 Å². The molecule has 0 aliphatic heterocycles. The molecule has 1 aliphatic carbocycles. The Balaban J connectivity index is 2.10. The summed E-state index contributed by atoms with van der Waals surface area (Å²) >= 11 is 0. The maximum atomic E-state index is 5.82. The molecular formula is C18H31N3O. The molecule has 0 aromatic carbocycles. The van der Waals surface area contributed by atoms with Crippen molar-refractivity contribution in [2.45, 2.75) is 72.3 Å². The third kappa shape index (κ3) is 5.15. The zero-order valence-corrected chi connectivity index (χ0v) is 14.6. The summed E-state index contributed by atoms with van der Waals surface area (Å²) in [6, 6.07) is 2.49. The lowest BCUT2D eigenvalue weighted by Gasteiger charge is -2.30. The minimum atomic E-state index is 0.499. The normalized spacial score (nSPS) is 21.9. The molecule has 1 aromatic heterocycles. The second-order valence-electron chi connectivity index (χ2n) is 6.98. The van der Waals surface area contributed by atoms with Crippen LogP contribution in [0.1, 0.15) is 65.6 Å². The molecule has 0 bridgehead atoms. The van der Waals surface area contributed by atoms with Gasteiger partial charge < -0.3 is 10.1 Å². The first-order valence-corrected chi connectivity index (χ1v) is 8.85. The fourth-order valence-electron chi connectivity index (χ4n) is 2.93. The fourth-order valence-corrected chi connectivity index (χ4v) is 2.93. The molecule has 0 saturated heterocycles. The second kappa shape index (κ2) is 8.35. The van der Waals surface area contributed by atoms with Crippen LogP contribution in [0.25, 0.3) is 0 Å². The van der Waals surface area contributed by atoms with E-state index in [-0.39, 0.29) is 0 Å². The Bertz CT molecular complexity index is 462. The molecule has 1 N–H and O–H groups in total. The molecule has 22 heavy (non-hydrogen) atoms. The van der Waals surface area contributed by atoms with Crippen molar-refractivity contribution in [2.24, 2.45) is 11.8 Å². The Morgan fingerprint density at radius 2 is 2.05 bits per heavy atom. The van der Waals surface area contributed by atoms with Crippen molar-refractivity contribution in [3.63, 3.8) is 0 Å². The van der Waals surface area contributed by atoms with Crippen LogP contribution in [-0.2, 0) is 6.42 Å². The maximum absolute atomic E-state index is 5.82. The van der Waals surface area contributed by atoms with Gasteiger partial charge in [-0.15, -0.1) is 0 Å². The average Bonchev–Trinajstić information content (AvgIpc) is 2.48. The van der Waals surface area contributed by atoms with E-state index in [1.165, 1.54) is 25.7 Å². The van der Waals surface area contributed by atoms with Crippen molar-refractivity contribution in [1.82, 2.24) is 9.97 Å². The summed E-state index contributed by atoms with van der Waals surface area (Å²) < 4.78 is 5.82. The Hall–Kier alpha value is -1.32. The number of hydrogen-bond acceptors (Lipinski definition) is 4. The number of nitrogens with one attached hydrogen (secondary N) is 1. The summed E-state index contributed by atoms with van der Waals surface area (Å²) in [6.07, 6.45) is 7.15. The van der Waals surface area contributed by atoms with Gasteiger partial charge in [-0.2, -0.15) is 4.98 Å². The molecule has 124 valence electrons. The zero-order chi connectivity index (χ0) is 15.9. The van der Waals surface area contributed by atoms with E-state index in [9.17, 15) is 0 Å². The molecule has 2 unspecified atom stereocenters. The van der Waals surface area contributed by atoms with Crippen molar-refractivity contribution in [3.8, 4) is 5.88 Å². The van der Waals surface area contributed by atoms with E-state index < -0.39 is 0 Å². The third-order valence-corrected chi connectivity index (χ3v) is 4.23. The highest BCUT2D eigenvalue weighted by atomic mass is 16.5. The largest absolute Gasteiger partial charge is 0.477 e. The number of nitrogens with zero attached hydrogens (tertiary/aromatic N) is 2. The topological polar surface area (TPSA) is 47.0 Å². The van der Waals surface area contributed by atoms with Gasteiger partial charge in [0.05, 0.1) is 6.61 Å². The van der Waals surface area contributed by atoms with E-state index in [1.54, 1.807) is 0 Å². The van der Waals surface area contributed by atoms with Gasteiger partial charge in [0.15, 0.2) is 0 Å². The van der Waals surface area contributed by atoms with Crippen LogP contribution in [-0.4, -0.2) is 22.6 Å². The van der Waals surface area contributed by atoms with E-state index >= 15 is 0 Å². The standard InChI is InChI=1S/C18H31N3O/c1-5-8-16-20-17(11-18(21-16)22-12-13(2)3)19-15-10-7-6-9-14(15)4/h11,13-15H,5-10,12H2,1-4H3,(H,19,20,21). The van der Waals surface area contributed by atoms with Gasteiger partial charge in [0.1, 0.15) is 11.6 Å². The van der Waals surface area contributed by atoms with Crippen LogP contribution in [0.15, 0.2) is 6.07 Å². The van der Waals surface area contributed by atoms with Crippen LogP contribution >= 0.6 is 0 Å². The molecule has 2 atom stereocenters. The first-order valence-electron chi connectivity index (χ1n) is 8.85. The van der Waals surface area contributed by atoms with Crippen LogP contribution in [0.4, 0.5) is 5.82 Å². The van der Waals surface area contributed by atoms with Crippen LogP contribution in [0.2, 0.25) is 0 Å². The van der Waals surface area contributed by atoms with Gasteiger partial charge in [-0.05, 0) is 31.1 Å². The van der Waals surface area contributed by atoms with Crippen LogP contribution < -0.4 is 10.1 Å². The lowest BCUT2D eigenvalue weighted by Crippen LogP contribution is -2.30. The fraction of sp³-hybridized carbons (Fsp3) is 0.778. The Labute approximate surface area is 135 Å². The number of aromatic nitrogens is 2. The molecule has 0 amide bonds. The summed E-state index contributed by atoms with van der Waals surface area (Å²) in [5.74, 6) is 3.72. The summed E-state index contributed by atoms with van der Waals surface area (Å²) in [5, 5.41) is 3.63. The first kappa shape index (κ1) is 17.0. The van der Waals surface area contributed by atoms with Crippen molar-refractivity contribution in [2.75, 3.05) is 11.9 Å². The van der Waals surface area contributed by atoms with Gasteiger partial charge >= 0.3 is 0 Å². The lowest BCUT2D eigenvalue weighted by atomic mass is 9.86. The highest BCUT2D eigenvalue weighted by Crippen LogP contribution is 2.27. The smallest absolute Gasteiger partial charge is 0.218 e. The lowest BCUT2D eigenvalue weighted by molar-refractivity contribution is 0.260. The summed E-state index contributed by atoms with van der Waals surface area (Å²) in [7, 11) is 0. The monoisotopic (exact) mass is 305 g/mol. The van der Waals surface area contributed by atoms with E-state index in [1.807, 2.05) is 6.07 Å². The summed E-state index contributed by atoms with van der Waals surface area (Å²) in [6.45, 7) is 9.48. The van der Waals surface area contributed by atoms with Crippen LogP contribution in [0.3, 0.4) is 0 Å². The molecule has 1 aliphatic rings. The van der Waals surface area contributed by atoms with Gasteiger partial charge in [-0.25, -0.2) is 4.98 Å². The van der Waals surface area contributed by atoms with Gasteiger partial charge in [0.2, 0.25) is 5.88 Å². The number of ether oxygens (including phenoxy) is 1. The average molecular weight is 305 g/mol. The minimum Gasteiger partial charge on any atom is -0.477 e. The van der Waals surface area contributed by atoms with E-state index in [2.05, 4.69) is 43.0 Å². The van der Waals surface area contributed by atoms with E-state index in [4.69, 9.17) is 4.74 Å². The van der Waals surface area contributed by atoms with Crippen LogP contribution in [0, 0.1) is 11.8 Å². The van der Waals surface area contributed by atoms with Gasteiger partial charge in [-0.3, -0.25) is 0 Å². The number of hydrogen-bond donors (Lipinski definition) is 1. The maximum Gasteiger partial charge on any atom is 0.218 e. The molecule has 1 saturated carbocycles. The highest BCUT2D eigenvalue weighted by Gasteiger charge is 2.21. The zero-order valence-electron chi connectivity index (χ0n) is 14.6. The Morgan fingerprint density at radius 3 is 2.73 bits per heavy atom. The van der Waals surface area contributed by atoms with Gasteiger partial charge in [0, 0.05) is 18.5 Å². The molecule has 1 fully saturated rings. The Morgan fingerprint density at radius 1 is 1.27 bits per heavy atom. The van der Waals surface area contributed by atoms with Crippen molar-refractivity contribution in [1.29, 1.82) is 0 Å². The number of anilines is 1. The molecule has 1 heterocycles. The molecule has 0 radical (unpaired) electrons. The predicted molar refractivity (Wildman–Crippen MR) is 91.4 cm³/mol. The van der Waals surface area contributed by atoms with Crippen molar-refractivity contribution in [3.05, 3.63) is 11.9 Å². The van der Waals surface area contributed by atoms with E-state index in [0.29, 0.717) is 30.4 Å². The predicted octanol–water partition coefficient (Wildman–Crippen LogP) is 4.45. The first-order chi connectivity index (χ1) is 10.6. The van der Waals surface area contributed by atoms with Crippen molar-refractivity contribution < 1.29 is 4.74 Å². The summed E-state index contributed by atoms with van der Waals surface area (Å²) in [5.41, 5.74) is 0. The molecular weight excluding hydrogens is 274 g/mol. The molecule has 4 nitrogen and oxygen atoms in total. The quantitative estimate of drug-likeness (QED) is 0.808. The number of rotatable bonds is 7. The van der Waals surface area contributed by atoms with Gasteiger partial charge in [0.25, 0.3) is 0 Å². The molecule has 2 rings (SSSR count). The second-order valence-corrected chi connectivity index (χ2v) is 6.98. The van der Waals surface area contributed by atoms with Crippen LogP contribution in [0.5, 0.6) is 5.88 Å². The summed E-state index contributed by atoms with van der Waals surface area (Å²) in [4.78, 5) is 9.21. The number of aryl methyl sites for hydroxylation is 1. The Kier molecular flexibility index (Phi) is 6.47. The van der Waals surface area contributed by atoms with Crippen molar-refractivity contribution >= 4 is 5.82 Å². The minimum absolute atomic E-state index is 0.499. The molecule has 4 heteroatoms. The van der Waals surface area contributed by atoms with E-state index in [0.717, 1.165) is 24.5 Å². The molecule has 1 aromatic rings. The highest BCUT2D eigenvalue weighted by molar-refractivity contribution is 5.39. The third-order valence-electron chi connectivity index (χ3n) is 4.23.